The molecule has 238 valence electrons. The van der Waals surface area contributed by atoms with Gasteiger partial charge >= 0.3 is 0 Å². The Balaban J connectivity index is 1.30. The van der Waals surface area contributed by atoms with Crippen LogP contribution < -0.4 is 0 Å². The summed E-state index contributed by atoms with van der Waals surface area (Å²) in [5, 5.41) is 4.64. The zero-order valence-electron chi connectivity index (χ0n) is 28.6. The van der Waals surface area contributed by atoms with Gasteiger partial charge in [0.2, 0.25) is 0 Å². The molecule has 0 unspecified atom stereocenters. The molecule has 1 aromatic heterocycles. The Bertz CT molecular complexity index is 2700. The zero-order valence-corrected chi connectivity index (χ0v) is 28.6. The van der Waals surface area contributed by atoms with E-state index in [2.05, 4.69) is 160 Å². The zero-order chi connectivity index (χ0) is 33.8. The molecular formula is C47H35N3. The lowest BCUT2D eigenvalue weighted by Gasteiger charge is -2.23. The SMILES string of the molecule is CC1(C)c2ccccc2-c2ccc(-c3ccc4c(-c5ncncn5)c5ccccc5c(-c5cccc6c5-c5ccccc5C6(C)C)c4c3)cc21. The van der Waals surface area contributed by atoms with E-state index in [0.717, 1.165) is 16.3 Å². The highest BCUT2D eigenvalue weighted by Crippen LogP contribution is 2.55. The standard InChI is InChI=1S/C47H35N3/c1-46(2)39-18-10-8-15-35(39)43-36(16-11-19-40(43)46)42-32-13-5-6-14-33(32)44(45-49-26-48-27-50-45)34-23-21-28(24-37(34)42)29-20-22-31-30-12-7-9-17-38(30)47(3,4)41(31)25-29/h5-27H,1-4H3. The Morgan fingerprint density at radius 3 is 1.70 bits per heavy atom. The van der Waals surface area contributed by atoms with Gasteiger partial charge in [-0.25, -0.2) is 15.0 Å². The smallest absolute Gasteiger partial charge is 0.163 e. The van der Waals surface area contributed by atoms with Crippen molar-refractivity contribution in [3.63, 3.8) is 0 Å². The van der Waals surface area contributed by atoms with Gasteiger partial charge < -0.3 is 0 Å². The molecule has 0 radical (unpaired) electrons. The third kappa shape index (κ3) is 3.89. The number of rotatable bonds is 3. The van der Waals surface area contributed by atoms with Gasteiger partial charge in [-0.1, -0.05) is 143 Å². The second-order valence-electron chi connectivity index (χ2n) is 14.8. The van der Waals surface area contributed by atoms with Gasteiger partial charge in [-0.2, -0.15) is 0 Å². The molecule has 0 amide bonds. The molecule has 0 atom stereocenters. The van der Waals surface area contributed by atoms with E-state index in [1.807, 2.05) is 0 Å². The van der Waals surface area contributed by atoms with Crippen LogP contribution in [-0.4, -0.2) is 15.0 Å². The monoisotopic (exact) mass is 641 g/mol. The van der Waals surface area contributed by atoms with Crippen molar-refractivity contribution in [3.8, 4) is 55.9 Å². The van der Waals surface area contributed by atoms with E-state index in [0.29, 0.717) is 5.82 Å². The summed E-state index contributed by atoms with van der Waals surface area (Å²) in [5.74, 6) is 0.683. The van der Waals surface area contributed by atoms with Crippen LogP contribution in [0.1, 0.15) is 49.9 Å². The quantitative estimate of drug-likeness (QED) is 0.180. The third-order valence-corrected chi connectivity index (χ3v) is 11.5. The molecule has 1 heterocycles. The summed E-state index contributed by atoms with van der Waals surface area (Å²) in [6.45, 7) is 9.41. The Morgan fingerprint density at radius 2 is 0.920 bits per heavy atom. The van der Waals surface area contributed by atoms with Crippen LogP contribution in [0.25, 0.3) is 77.4 Å². The van der Waals surface area contributed by atoms with Gasteiger partial charge in [0.05, 0.1) is 0 Å². The number of hydrogen-bond donors (Lipinski definition) is 0. The first kappa shape index (κ1) is 29.0. The maximum Gasteiger partial charge on any atom is 0.163 e. The van der Waals surface area contributed by atoms with E-state index in [-0.39, 0.29) is 10.8 Å². The largest absolute Gasteiger partial charge is 0.225 e. The van der Waals surface area contributed by atoms with E-state index >= 15 is 0 Å². The van der Waals surface area contributed by atoms with Crippen LogP contribution in [-0.2, 0) is 10.8 Å². The number of nitrogens with zero attached hydrogens (tertiary/aromatic N) is 3. The van der Waals surface area contributed by atoms with Crippen molar-refractivity contribution in [1.29, 1.82) is 0 Å². The molecule has 3 nitrogen and oxygen atoms in total. The van der Waals surface area contributed by atoms with Crippen molar-refractivity contribution in [2.75, 3.05) is 0 Å². The maximum absolute atomic E-state index is 4.69. The van der Waals surface area contributed by atoms with E-state index in [1.165, 1.54) is 77.5 Å². The minimum Gasteiger partial charge on any atom is -0.225 e. The van der Waals surface area contributed by atoms with Crippen LogP contribution in [0.4, 0.5) is 0 Å². The third-order valence-electron chi connectivity index (χ3n) is 11.5. The first-order valence-corrected chi connectivity index (χ1v) is 17.4. The number of fused-ring (bicyclic) bond motifs is 8. The van der Waals surface area contributed by atoms with Gasteiger partial charge in [-0.15, -0.1) is 0 Å². The molecule has 2 aliphatic rings. The van der Waals surface area contributed by atoms with Crippen molar-refractivity contribution in [1.82, 2.24) is 15.0 Å². The van der Waals surface area contributed by atoms with Crippen molar-refractivity contribution < 1.29 is 0 Å². The molecule has 0 saturated carbocycles. The molecule has 7 aromatic carbocycles. The molecule has 0 bridgehead atoms. The van der Waals surface area contributed by atoms with Gasteiger partial charge in [0, 0.05) is 16.4 Å². The molecule has 0 spiro atoms. The number of aromatic nitrogens is 3. The minimum atomic E-state index is -0.0989. The molecule has 50 heavy (non-hydrogen) atoms. The van der Waals surface area contributed by atoms with Crippen LogP contribution >= 0.6 is 0 Å². The Morgan fingerprint density at radius 1 is 0.380 bits per heavy atom. The summed E-state index contributed by atoms with van der Waals surface area (Å²) in [4.78, 5) is 13.5. The molecule has 0 N–H and O–H groups in total. The fraction of sp³-hybridized carbons (Fsp3) is 0.128. The maximum atomic E-state index is 4.69. The predicted molar refractivity (Wildman–Crippen MR) is 206 cm³/mol. The van der Waals surface area contributed by atoms with E-state index in [4.69, 9.17) is 9.97 Å². The lowest BCUT2D eigenvalue weighted by Crippen LogP contribution is -2.14. The van der Waals surface area contributed by atoms with Crippen molar-refractivity contribution >= 4 is 21.5 Å². The molecule has 10 rings (SSSR count). The van der Waals surface area contributed by atoms with Gasteiger partial charge in [0.25, 0.3) is 0 Å². The predicted octanol–water partition coefficient (Wildman–Crippen LogP) is 11.8. The highest BCUT2D eigenvalue weighted by atomic mass is 15.0. The summed E-state index contributed by atoms with van der Waals surface area (Å²) >= 11 is 0. The lowest BCUT2D eigenvalue weighted by atomic mass is 9.80. The van der Waals surface area contributed by atoms with Gasteiger partial charge in [-0.05, 0) is 100 Å². The van der Waals surface area contributed by atoms with E-state index < -0.39 is 0 Å². The minimum absolute atomic E-state index is 0.0726. The molecule has 0 saturated heterocycles. The van der Waals surface area contributed by atoms with Crippen LogP contribution in [0, 0.1) is 0 Å². The van der Waals surface area contributed by atoms with Crippen molar-refractivity contribution in [2.24, 2.45) is 0 Å². The van der Waals surface area contributed by atoms with Crippen LogP contribution in [0.2, 0.25) is 0 Å². The first-order chi connectivity index (χ1) is 24.3. The summed E-state index contributed by atoms with van der Waals surface area (Å²) in [5.41, 5.74) is 16.6. The summed E-state index contributed by atoms with van der Waals surface area (Å²) in [7, 11) is 0. The first-order valence-electron chi connectivity index (χ1n) is 17.4. The molecule has 3 heteroatoms. The number of benzene rings is 7. The lowest BCUT2D eigenvalue weighted by molar-refractivity contribution is 0.660. The van der Waals surface area contributed by atoms with Crippen molar-refractivity contribution in [3.05, 3.63) is 162 Å². The molecule has 0 fully saturated rings. The topological polar surface area (TPSA) is 38.7 Å². The molecule has 0 aliphatic heterocycles. The Hall–Kier alpha value is -5.93. The van der Waals surface area contributed by atoms with E-state index in [9.17, 15) is 0 Å². The van der Waals surface area contributed by atoms with Crippen LogP contribution in [0.5, 0.6) is 0 Å². The summed E-state index contributed by atoms with van der Waals surface area (Å²) in [6, 6.07) is 47.4. The highest BCUT2D eigenvalue weighted by molar-refractivity contribution is 6.22. The fourth-order valence-corrected chi connectivity index (χ4v) is 9.10. The van der Waals surface area contributed by atoms with Crippen LogP contribution in [0.15, 0.2) is 140 Å². The molecule has 8 aromatic rings. The van der Waals surface area contributed by atoms with Gasteiger partial charge in [0.15, 0.2) is 5.82 Å². The molecular weight excluding hydrogens is 607 g/mol. The Kier molecular flexibility index (Phi) is 5.97. The van der Waals surface area contributed by atoms with Gasteiger partial charge in [-0.3, -0.25) is 0 Å². The number of hydrogen-bond acceptors (Lipinski definition) is 3. The molecule has 2 aliphatic carbocycles. The van der Waals surface area contributed by atoms with Gasteiger partial charge in [0.1, 0.15) is 12.7 Å². The fourth-order valence-electron chi connectivity index (χ4n) is 9.10. The summed E-state index contributed by atoms with van der Waals surface area (Å²) < 4.78 is 0. The second-order valence-corrected chi connectivity index (χ2v) is 14.8. The second kappa shape index (κ2) is 10.3. The average molecular weight is 642 g/mol. The average Bonchev–Trinajstić information content (AvgIpc) is 3.53. The normalized spacial score (nSPS) is 14.7. The van der Waals surface area contributed by atoms with E-state index in [1.54, 1.807) is 12.7 Å². The van der Waals surface area contributed by atoms with Crippen molar-refractivity contribution in [2.45, 2.75) is 38.5 Å². The summed E-state index contributed by atoms with van der Waals surface area (Å²) in [6.07, 6.45) is 3.19. The highest BCUT2D eigenvalue weighted by Gasteiger charge is 2.38. The van der Waals surface area contributed by atoms with Crippen LogP contribution in [0.3, 0.4) is 0 Å². The Labute approximate surface area is 292 Å².